The van der Waals surface area contributed by atoms with Gasteiger partial charge in [-0.3, -0.25) is 19.2 Å². The number of thiol groups is 1. The van der Waals surface area contributed by atoms with E-state index in [0.717, 1.165) is 11.8 Å². The van der Waals surface area contributed by atoms with E-state index in [1.54, 1.807) is 24.3 Å². The van der Waals surface area contributed by atoms with Crippen molar-refractivity contribution in [3.63, 3.8) is 0 Å². The molecule has 0 heterocycles. The fourth-order valence-electron chi connectivity index (χ4n) is 2.27. The fourth-order valence-corrected chi connectivity index (χ4v) is 3.26. The number of amides is 1. The van der Waals surface area contributed by atoms with E-state index in [4.69, 9.17) is 10.6 Å². The molecule has 2 N–H and O–H groups in total. The van der Waals surface area contributed by atoms with Crippen molar-refractivity contribution in [2.45, 2.75) is 48.3 Å². The lowest BCUT2D eigenvalue weighted by Gasteiger charge is -2.18. The van der Waals surface area contributed by atoms with Crippen LogP contribution in [0, 0.1) is 0 Å². The summed E-state index contributed by atoms with van der Waals surface area (Å²) in [5.74, 6) is -2.26. The van der Waals surface area contributed by atoms with E-state index in [1.165, 1.54) is 0 Å². The normalized spacial score (nSPS) is 12.3. The Hall–Kier alpha value is -2.49. The lowest BCUT2D eigenvalue weighted by Crippen LogP contribution is -2.43. The van der Waals surface area contributed by atoms with Crippen LogP contribution in [0.25, 0.3) is 10.4 Å². The number of nitrogens with one attached hydrogen (secondary N) is 1. The molecule has 0 saturated carbocycles. The molecular weight excluding hydrogens is 416 g/mol. The molecule has 1 aromatic rings. The van der Waals surface area contributed by atoms with Gasteiger partial charge in [-0.1, -0.05) is 35.1 Å². The first-order chi connectivity index (χ1) is 13.8. The largest absolute Gasteiger partial charge is 0.480 e. The lowest BCUT2D eigenvalue weighted by atomic mass is 10.0. The highest BCUT2D eigenvalue weighted by Gasteiger charge is 2.27. The third-order valence-electron chi connectivity index (χ3n) is 3.72. The summed E-state index contributed by atoms with van der Waals surface area (Å²) in [5.41, 5.74) is 8.22. The Morgan fingerprint density at radius 1 is 1.17 bits per heavy atom. The van der Waals surface area contributed by atoms with E-state index >= 15 is 0 Å². The van der Waals surface area contributed by atoms with E-state index in [-0.39, 0.29) is 24.5 Å². The van der Waals surface area contributed by atoms with Crippen molar-refractivity contribution in [1.29, 1.82) is 0 Å². The van der Waals surface area contributed by atoms with Gasteiger partial charge in [-0.15, -0.1) is 0 Å². The average Bonchev–Trinajstić information content (AvgIpc) is 2.67. The Balaban J connectivity index is 2.70. The predicted octanol–water partition coefficient (Wildman–Crippen LogP) is 3.00. The summed E-state index contributed by atoms with van der Waals surface area (Å²) in [5, 5.41) is 13.3. The van der Waals surface area contributed by atoms with Crippen molar-refractivity contribution in [1.82, 2.24) is 5.32 Å². The first-order valence-electron chi connectivity index (χ1n) is 8.83. The van der Waals surface area contributed by atoms with Gasteiger partial charge in [0.1, 0.15) is 5.25 Å². The van der Waals surface area contributed by atoms with Gasteiger partial charge in [0.15, 0.2) is 10.9 Å². The second kappa shape index (κ2) is 13.6. The van der Waals surface area contributed by atoms with Gasteiger partial charge in [0.2, 0.25) is 5.91 Å². The number of unbranched alkanes of at least 4 members (excludes halogenated alkanes) is 1. The molecule has 156 valence electrons. The molecule has 0 saturated heterocycles. The van der Waals surface area contributed by atoms with Gasteiger partial charge in [-0.25, -0.2) is 0 Å². The molecular formula is C18H22N4O5S2. The second-order valence-electron chi connectivity index (χ2n) is 6.05. The highest BCUT2D eigenvalue weighted by atomic mass is 32.2. The number of Topliss-reactive ketones (excluding diaryl/α,β-unsaturated/α-hetero) is 1. The van der Waals surface area contributed by atoms with Crippen LogP contribution in [0.4, 0.5) is 0 Å². The molecule has 0 aromatic heterocycles. The molecule has 0 aliphatic heterocycles. The minimum absolute atomic E-state index is 0.0913. The molecule has 11 heteroatoms. The highest BCUT2D eigenvalue weighted by Crippen LogP contribution is 2.21. The fraction of sp³-hybridized carbons (Fsp3) is 0.444. The minimum atomic E-state index is -1.25. The summed E-state index contributed by atoms with van der Waals surface area (Å²) in [4.78, 5) is 51.2. The van der Waals surface area contributed by atoms with Crippen LogP contribution in [0.1, 0.15) is 32.1 Å². The Bertz CT molecular complexity index is 769. The molecule has 0 spiro atoms. The van der Waals surface area contributed by atoms with E-state index in [0.29, 0.717) is 17.7 Å². The number of rotatable bonds is 13. The van der Waals surface area contributed by atoms with E-state index in [1.807, 2.05) is 6.07 Å². The van der Waals surface area contributed by atoms with Crippen LogP contribution in [-0.4, -0.2) is 45.7 Å². The first kappa shape index (κ1) is 24.5. The summed E-state index contributed by atoms with van der Waals surface area (Å²) >= 11 is 4.79. The standard InChI is InChI=1S/C18H22N4O5S2/c19-22-20-9-5-4-8-16(24)21-13(14(23)11-15(28)18(26)27)10-17(25)29-12-6-2-1-3-7-12/h1-3,6-7,13,15,28H,4-5,8-11H2,(H,21,24)(H,26,27)/t13-,15?/m0/s1. The molecule has 29 heavy (non-hydrogen) atoms. The number of ketones is 1. The maximum Gasteiger partial charge on any atom is 0.316 e. The second-order valence-corrected chi connectivity index (χ2v) is 7.80. The maximum atomic E-state index is 12.5. The van der Waals surface area contributed by atoms with Gasteiger partial charge in [-0.05, 0) is 30.5 Å². The topological polar surface area (TPSA) is 149 Å². The number of carbonyl (C=O) groups is 4. The third kappa shape index (κ3) is 10.6. The number of aliphatic carboxylic acids is 1. The van der Waals surface area contributed by atoms with Crippen molar-refractivity contribution in [3.05, 3.63) is 40.8 Å². The smallest absolute Gasteiger partial charge is 0.316 e. The number of hydrogen-bond acceptors (Lipinski definition) is 7. The number of carboxylic acids is 1. The number of carboxylic acid groups (broad SMARTS) is 1. The van der Waals surface area contributed by atoms with Gasteiger partial charge in [0.05, 0.1) is 6.04 Å². The molecule has 0 radical (unpaired) electrons. The van der Waals surface area contributed by atoms with E-state index in [2.05, 4.69) is 28.0 Å². The molecule has 0 bridgehead atoms. The summed E-state index contributed by atoms with van der Waals surface area (Å²) in [6.07, 6.45) is 0.375. The molecule has 9 nitrogen and oxygen atoms in total. The monoisotopic (exact) mass is 438 g/mol. The van der Waals surface area contributed by atoms with Crippen LogP contribution in [0.3, 0.4) is 0 Å². The number of hydrogen-bond donors (Lipinski definition) is 3. The molecule has 1 amide bonds. The van der Waals surface area contributed by atoms with Crippen LogP contribution < -0.4 is 5.32 Å². The van der Waals surface area contributed by atoms with Crippen molar-refractivity contribution in [2.24, 2.45) is 5.11 Å². The van der Waals surface area contributed by atoms with Crippen LogP contribution >= 0.6 is 24.4 Å². The van der Waals surface area contributed by atoms with Crippen molar-refractivity contribution < 1.29 is 24.3 Å². The number of nitrogens with zero attached hydrogens (tertiary/aromatic N) is 3. The molecule has 0 aliphatic rings. The zero-order valence-corrected chi connectivity index (χ0v) is 17.3. The Labute approximate surface area is 177 Å². The predicted molar refractivity (Wildman–Crippen MR) is 112 cm³/mol. The molecule has 0 fully saturated rings. The minimum Gasteiger partial charge on any atom is -0.480 e. The maximum absolute atomic E-state index is 12.5. The Morgan fingerprint density at radius 2 is 1.86 bits per heavy atom. The number of benzene rings is 1. The van der Waals surface area contributed by atoms with Gasteiger partial charge >= 0.3 is 5.97 Å². The summed E-state index contributed by atoms with van der Waals surface area (Å²) in [6.45, 7) is 0.262. The van der Waals surface area contributed by atoms with Crippen LogP contribution in [0.15, 0.2) is 40.3 Å². The van der Waals surface area contributed by atoms with E-state index in [9.17, 15) is 19.2 Å². The summed E-state index contributed by atoms with van der Waals surface area (Å²) < 4.78 is 0. The summed E-state index contributed by atoms with van der Waals surface area (Å²) in [6, 6.07) is 7.72. The molecule has 1 rings (SSSR count). The Kier molecular flexibility index (Phi) is 11.6. The Morgan fingerprint density at radius 3 is 2.48 bits per heavy atom. The average molecular weight is 439 g/mol. The van der Waals surface area contributed by atoms with Crippen LogP contribution in [-0.2, 0) is 19.2 Å². The van der Waals surface area contributed by atoms with Gasteiger partial charge in [0, 0.05) is 35.6 Å². The van der Waals surface area contributed by atoms with Gasteiger partial charge in [0.25, 0.3) is 0 Å². The molecule has 2 atom stereocenters. The van der Waals surface area contributed by atoms with Crippen LogP contribution in [0.5, 0.6) is 0 Å². The van der Waals surface area contributed by atoms with Crippen molar-refractivity contribution in [2.75, 3.05) is 6.54 Å². The summed E-state index contributed by atoms with van der Waals surface area (Å²) in [7, 11) is 0. The van der Waals surface area contributed by atoms with Crippen molar-refractivity contribution >= 4 is 47.2 Å². The van der Waals surface area contributed by atoms with Gasteiger partial charge in [-0.2, -0.15) is 12.6 Å². The molecule has 1 unspecified atom stereocenters. The SMILES string of the molecule is [N-]=[N+]=NCCCCC(=O)N[C@@H](CC(=O)Sc1ccccc1)C(=O)CC(S)C(=O)O. The van der Waals surface area contributed by atoms with Gasteiger partial charge < -0.3 is 10.4 Å². The quantitative estimate of drug-likeness (QED) is 0.108. The third-order valence-corrected chi connectivity index (χ3v) is 5.03. The first-order valence-corrected chi connectivity index (χ1v) is 10.2. The number of thioether (sulfide) groups is 1. The zero-order chi connectivity index (χ0) is 21.6. The number of azide groups is 1. The van der Waals surface area contributed by atoms with Crippen molar-refractivity contribution in [3.8, 4) is 0 Å². The van der Waals surface area contributed by atoms with E-state index < -0.39 is 35.4 Å². The highest BCUT2D eigenvalue weighted by molar-refractivity contribution is 8.13. The van der Waals surface area contributed by atoms with Crippen LogP contribution in [0.2, 0.25) is 0 Å². The molecule has 0 aliphatic carbocycles. The lowest BCUT2D eigenvalue weighted by molar-refractivity contribution is -0.138. The molecule has 1 aromatic carbocycles. The number of carbonyl (C=O) groups excluding carboxylic acids is 3. The zero-order valence-electron chi connectivity index (χ0n) is 15.6.